The Morgan fingerprint density at radius 2 is 1.77 bits per heavy atom. The van der Waals surface area contributed by atoms with Gasteiger partial charge in [-0.2, -0.15) is 0 Å². The first-order chi connectivity index (χ1) is 10.3. The number of nitrogens with one attached hydrogen (secondary N) is 2. The summed E-state index contributed by atoms with van der Waals surface area (Å²) >= 11 is 0. The van der Waals surface area contributed by atoms with E-state index in [1.807, 2.05) is 51.1 Å². The van der Waals surface area contributed by atoms with Crippen LogP contribution in [0.4, 0.5) is 0 Å². The average Bonchev–Trinajstić information content (AvgIpc) is 2.48. The molecule has 5 nitrogen and oxygen atoms in total. The van der Waals surface area contributed by atoms with E-state index in [1.165, 1.54) is 0 Å². The summed E-state index contributed by atoms with van der Waals surface area (Å²) in [6.45, 7) is 6.51. The van der Waals surface area contributed by atoms with E-state index < -0.39 is 5.41 Å². The zero-order valence-electron chi connectivity index (χ0n) is 13.7. The molecule has 122 valence electrons. The molecule has 22 heavy (non-hydrogen) atoms. The van der Waals surface area contributed by atoms with Crippen molar-refractivity contribution in [3.8, 4) is 0 Å². The number of hydrogen-bond donors (Lipinski definition) is 3. The summed E-state index contributed by atoms with van der Waals surface area (Å²) < 4.78 is 0. The summed E-state index contributed by atoms with van der Waals surface area (Å²) in [5, 5.41) is 5.65. The molecule has 0 saturated heterocycles. The van der Waals surface area contributed by atoms with Crippen LogP contribution in [0.1, 0.15) is 45.2 Å². The molecule has 1 unspecified atom stereocenters. The number of benzene rings is 1. The standard InChI is InChI=1S/C17H27N3O2/c1-17(2,3)16(22)19-11-7-10-15(21)20-12-14(18)13-8-5-4-6-9-13/h4-6,8-9,14H,7,10-12,18H2,1-3H3,(H,19,22)(H,20,21). The van der Waals surface area contributed by atoms with E-state index >= 15 is 0 Å². The quantitative estimate of drug-likeness (QED) is 0.671. The SMILES string of the molecule is CC(C)(C)C(=O)NCCCC(=O)NCC(N)c1ccccc1. The second-order valence-corrected chi connectivity index (χ2v) is 6.43. The highest BCUT2D eigenvalue weighted by Gasteiger charge is 2.20. The highest BCUT2D eigenvalue weighted by Crippen LogP contribution is 2.12. The maximum Gasteiger partial charge on any atom is 0.225 e. The number of nitrogens with two attached hydrogens (primary N) is 1. The summed E-state index contributed by atoms with van der Waals surface area (Å²) in [4.78, 5) is 23.4. The van der Waals surface area contributed by atoms with Gasteiger partial charge in [-0.05, 0) is 12.0 Å². The molecule has 0 aliphatic carbocycles. The minimum absolute atomic E-state index is 0.000919. The van der Waals surface area contributed by atoms with Gasteiger partial charge in [0.15, 0.2) is 0 Å². The summed E-state index contributed by atoms with van der Waals surface area (Å²) in [6.07, 6.45) is 1.00. The van der Waals surface area contributed by atoms with E-state index in [4.69, 9.17) is 5.73 Å². The van der Waals surface area contributed by atoms with Crippen molar-refractivity contribution in [1.82, 2.24) is 10.6 Å². The largest absolute Gasteiger partial charge is 0.356 e. The van der Waals surface area contributed by atoms with Crippen molar-refractivity contribution in [2.24, 2.45) is 11.1 Å². The molecule has 4 N–H and O–H groups in total. The molecule has 0 bridgehead atoms. The van der Waals surface area contributed by atoms with Gasteiger partial charge in [0, 0.05) is 31.0 Å². The summed E-state index contributed by atoms with van der Waals surface area (Å²) in [5.41, 5.74) is 6.62. The zero-order valence-corrected chi connectivity index (χ0v) is 13.7. The molecule has 0 heterocycles. The highest BCUT2D eigenvalue weighted by atomic mass is 16.2. The Labute approximate surface area is 132 Å². The van der Waals surface area contributed by atoms with Crippen molar-refractivity contribution >= 4 is 11.8 Å². The monoisotopic (exact) mass is 305 g/mol. The Balaban J connectivity index is 2.18. The van der Waals surface area contributed by atoms with Crippen LogP contribution in [0.15, 0.2) is 30.3 Å². The second-order valence-electron chi connectivity index (χ2n) is 6.43. The Kier molecular flexibility index (Phi) is 7.05. The lowest BCUT2D eigenvalue weighted by molar-refractivity contribution is -0.128. The second kappa shape index (κ2) is 8.54. The Morgan fingerprint density at radius 1 is 1.14 bits per heavy atom. The summed E-state index contributed by atoms with van der Waals surface area (Å²) in [5.74, 6) is -0.0459. The molecular weight excluding hydrogens is 278 g/mol. The summed E-state index contributed by atoms with van der Waals surface area (Å²) in [7, 11) is 0. The number of hydrogen-bond acceptors (Lipinski definition) is 3. The van der Waals surface area contributed by atoms with Gasteiger partial charge in [-0.3, -0.25) is 9.59 Å². The van der Waals surface area contributed by atoms with Crippen LogP contribution in [0.2, 0.25) is 0 Å². The van der Waals surface area contributed by atoms with E-state index in [2.05, 4.69) is 10.6 Å². The van der Waals surface area contributed by atoms with E-state index in [1.54, 1.807) is 0 Å². The molecule has 0 spiro atoms. The highest BCUT2D eigenvalue weighted by molar-refractivity contribution is 5.81. The predicted molar refractivity (Wildman–Crippen MR) is 88.1 cm³/mol. The first-order valence-electron chi connectivity index (χ1n) is 7.66. The van der Waals surface area contributed by atoms with Gasteiger partial charge in [-0.25, -0.2) is 0 Å². The van der Waals surface area contributed by atoms with Crippen molar-refractivity contribution in [3.63, 3.8) is 0 Å². The molecule has 0 aromatic heterocycles. The maximum absolute atomic E-state index is 11.7. The number of amides is 2. The molecular formula is C17H27N3O2. The van der Waals surface area contributed by atoms with Crippen LogP contribution >= 0.6 is 0 Å². The van der Waals surface area contributed by atoms with Crippen LogP contribution in [0, 0.1) is 5.41 Å². The minimum Gasteiger partial charge on any atom is -0.356 e. The Bertz CT molecular complexity index is 480. The van der Waals surface area contributed by atoms with Gasteiger partial charge in [0.25, 0.3) is 0 Å². The molecule has 2 amide bonds. The van der Waals surface area contributed by atoms with Crippen molar-refractivity contribution < 1.29 is 9.59 Å². The first-order valence-corrected chi connectivity index (χ1v) is 7.66. The van der Waals surface area contributed by atoms with Crippen LogP contribution in [0.3, 0.4) is 0 Å². The Morgan fingerprint density at radius 3 is 2.36 bits per heavy atom. The lowest BCUT2D eigenvalue weighted by atomic mass is 9.96. The van der Waals surface area contributed by atoms with Gasteiger partial charge in [0.05, 0.1) is 0 Å². The first kappa shape index (κ1) is 18.2. The van der Waals surface area contributed by atoms with Gasteiger partial charge in [0.2, 0.25) is 11.8 Å². The van der Waals surface area contributed by atoms with Crippen molar-refractivity contribution in [2.45, 2.75) is 39.7 Å². The van der Waals surface area contributed by atoms with Crippen molar-refractivity contribution in [1.29, 1.82) is 0 Å². The smallest absolute Gasteiger partial charge is 0.225 e. The van der Waals surface area contributed by atoms with Crippen LogP contribution in [-0.2, 0) is 9.59 Å². The summed E-state index contributed by atoms with van der Waals surface area (Å²) in [6, 6.07) is 9.47. The molecule has 0 aliphatic heterocycles. The van der Waals surface area contributed by atoms with E-state index in [-0.39, 0.29) is 17.9 Å². The van der Waals surface area contributed by atoms with Crippen LogP contribution in [0.25, 0.3) is 0 Å². The fourth-order valence-electron chi connectivity index (χ4n) is 1.85. The van der Waals surface area contributed by atoms with Gasteiger partial charge in [-0.1, -0.05) is 51.1 Å². The normalized spacial score (nSPS) is 12.5. The Hall–Kier alpha value is -1.88. The van der Waals surface area contributed by atoms with Crippen molar-refractivity contribution in [2.75, 3.05) is 13.1 Å². The average molecular weight is 305 g/mol. The van der Waals surface area contributed by atoms with Crippen molar-refractivity contribution in [3.05, 3.63) is 35.9 Å². The van der Waals surface area contributed by atoms with Crippen LogP contribution < -0.4 is 16.4 Å². The molecule has 1 aromatic carbocycles. The molecule has 1 aromatic rings. The van der Waals surface area contributed by atoms with E-state index in [0.29, 0.717) is 25.9 Å². The van der Waals surface area contributed by atoms with Gasteiger partial charge in [-0.15, -0.1) is 0 Å². The molecule has 1 atom stereocenters. The topological polar surface area (TPSA) is 84.2 Å². The number of rotatable bonds is 7. The lowest BCUT2D eigenvalue weighted by Gasteiger charge is -2.17. The fraction of sp³-hybridized carbons (Fsp3) is 0.529. The third-order valence-corrected chi connectivity index (χ3v) is 3.29. The number of carbonyl (C=O) groups excluding carboxylic acids is 2. The fourth-order valence-corrected chi connectivity index (χ4v) is 1.85. The molecule has 1 rings (SSSR count). The van der Waals surface area contributed by atoms with Gasteiger partial charge < -0.3 is 16.4 Å². The molecule has 0 aliphatic rings. The van der Waals surface area contributed by atoms with Gasteiger partial charge in [0.1, 0.15) is 0 Å². The maximum atomic E-state index is 11.7. The lowest BCUT2D eigenvalue weighted by Crippen LogP contribution is -2.36. The number of carbonyl (C=O) groups is 2. The zero-order chi connectivity index (χ0) is 16.6. The minimum atomic E-state index is -0.398. The third kappa shape index (κ3) is 6.72. The predicted octanol–water partition coefficient (Wildman–Crippen LogP) is 1.75. The van der Waals surface area contributed by atoms with Crippen LogP contribution in [-0.4, -0.2) is 24.9 Å². The third-order valence-electron chi connectivity index (χ3n) is 3.29. The molecule has 0 saturated carbocycles. The van der Waals surface area contributed by atoms with Crippen LogP contribution in [0.5, 0.6) is 0 Å². The molecule has 0 fully saturated rings. The molecule has 0 radical (unpaired) electrons. The van der Waals surface area contributed by atoms with Gasteiger partial charge >= 0.3 is 0 Å². The molecule has 5 heteroatoms. The van der Waals surface area contributed by atoms with E-state index in [0.717, 1.165) is 5.56 Å². The van der Waals surface area contributed by atoms with E-state index in [9.17, 15) is 9.59 Å².